The van der Waals surface area contributed by atoms with Gasteiger partial charge in [0.1, 0.15) is 4.99 Å². The maximum absolute atomic E-state index is 13.8. The van der Waals surface area contributed by atoms with Gasteiger partial charge in [-0.05, 0) is 14.1 Å². The first-order valence-corrected chi connectivity index (χ1v) is 11.9. The highest BCUT2D eigenvalue weighted by atomic mass is 79.9. The van der Waals surface area contributed by atoms with Crippen molar-refractivity contribution in [2.24, 2.45) is 0 Å². The average Bonchev–Trinajstić information content (AvgIpc) is 2.81. The van der Waals surface area contributed by atoms with Crippen LogP contribution in [-0.4, -0.2) is 63.4 Å². The summed E-state index contributed by atoms with van der Waals surface area (Å²) in [4.78, 5) is 13.5. The lowest BCUT2D eigenvalue weighted by Gasteiger charge is -2.24. The van der Waals surface area contributed by atoms with E-state index in [9.17, 15) is 27.5 Å². The molecule has 13 heteroatoms. The number of alkyl halides is 5. The van der Waals surface area contributed by atoms with Gasteiger partial charge in [0, 0.05) is 37.1 Å². The summed E-state index contributed by atoms with van der Waals surface area (Å²) in [5.41, 5.74) is -2.21. The number of hydrogen-bond donors (Lipinski definition) is 1. The van der Waals surface area contributed by atoms with Crippen LogP contribution in [-0.2, 0) is 15.9 Å². The molecule has 1 aromatic rings. The standard InChI is InChI=1S/C15H19Br2F3N4O3S/c1-22(2)6-4-21-28(27)12-8-10(24(25)26)7-11(15(18,19)20)14(12)23(5-3-16)13(28)9-17/h7-8H,3-6,9H2,1-2H3,(H,21,27). The number of nitro groups is 1. The van der Waals surface area contributed by atoms with E-state index in [1.54, 1.807) is 14.1 Å². The Hall–Kier alpha value is -0.890. The quantitative estimate of drug-likeness (QED) is 0.232. The Kier molecular flexibility index (Phi) is 7.40. The van der Waals surface area contributed by atoms with Gasteiger partial charge in [-0.15, -0.1) is 0 Å². The van der Waals surface area contributed by atoms with Crippen molar-refractivity contribution in [3.63, 3.8) is 0 Å². The summed E-state index contributed by atoms with van der Waals surface area (Å²) in [5, 5.41) is 11.6. The summed E-state index contributed by atoms with van der Waals surface area (Å²) in [6, 6.07) is 1.48. The van der Waals surface area contributed by atoms with Crippen LogP contribution >= 0.6 is 31.9 Å². The second-order valence-electron chi connectivity index (χ2n) is 6.22. The Morgan fingerprint density at radius 2 is 1.96 bits per heavy atom. The summed E-state index contributed by atoms with van der Waals surface area (Å²) < 4.78 is 57.9. The Morgan fingerprint density at radius 3 is 2.43 bits per heavy atom. The molecule has 0 bridgehead atoms. The lowest BCUT2D eigenvalue weighted by molar-refractivity contribution is -0.385. The number of fused-ring (bicyclic) bond motifs is 1. The molecule has 1 heterocycles. The van der Waals surface area contributed by atoms with Gasteiger partial charge in [-0.3, -0.25) is 10.1 Å². The van der Waals surface area contributed by atoms with Gasteiger partial charge in [0.2, 0.25) is 0 Å². The molecule has 0 fully saturated rings. The fraction of sp³-hybridized carbons (Fsp3) is 0.533. The Balaban J connectivity index is 2.80. The number of likely N-dealkylation sites (N-methyl/N-ethyl adjacent to an activating group) is 1. The molecule has 1 aliphatic rings. The highest BCUT2D eigenvalue weighted by molar-refractivity contribution is 9.09. The van der Waals surface area contributed by atoms with E-state index >= 15 is 0 Å². The number of hydrogen-bond acceptors (Lipinski definition) is 5. The van der Waals surface area contributed by atoms with Gasteiger partial charge in [0.15, 0.2) is 0 Å². The molecule has 0 aromatic heterocycles. The van der Waals surface area contributed by atoms with Crippen molar-refractivity contribution in [2.75, 3.05) is 49.3 Å². The molecule has 0 spiro atoms. The number of nitrogens with zero attached hydrogens (tertiary/aromatic N) is 3. The predicted molar refractivity (Wildman–Crippen MR) is 111 cm³/mol. The molecular weight excluding hydrogens is 533 g/mol. The normalized spacial score (nSPS) is 19.4. The molecule has 1 aromatic carbocycles. The van der Waals surface area contributed by atoms with E-state index in [0.717, 1.165) is 6.07 Å². The summed E-state index contributed by atoms with van der Waals surface area (Å²) in [5.74, 6) is 0. The molecule has 1 N–H and O–H groups in total. The first-order valence-electron chi connectivity index (χ1n) is 8.06. The Bertz CT molecular complexity index is 886. The first-order chi connectivity index (χ1) is 13.0. The lowest BCUT2D eigenvalue weighted by atomic mass is 10.1. The number of benzene rings is 1. The third-order valence-electron chi connectivity index (χ3n) is 4.08. The molecule has 7 nitrogen and oxygen atoms in total. The van der Waals surface area contributed by atoms with Crippen molar-refractivity contribution < 1.29 is 22.3 Å². The molecule has 158 valence electrons. The molecule has 0 amide bonds. The Morgan fingerprint density at radius 1 is 1.32 bits per heavy atom. The van der Waals surface area contributed by atoms with Crippen molar-refractivity contribution in [1.29, 1.82) is 0 Å². The summed E-state index contributed by atoms with van der Waals surface area (Å²) in [7, 11) is 0.287. The van der Waals surface area contributed by atoms with E-state index in [-0.39, 0.29) is 34.0 Å². The SMILES string of the molecule is CN(C)CCNS1(=O)=C(CBr)N(CCBr)c2c(C(F)(F)F)cc([N+](=O)[O-])cc21. The first kappa shape index (κ1) is 23.4. The highest BCUT2D eigenvalue weighted by Crippen LogP contribution is 2.46. The molecule has 1 unspecified atom stereocenters. The third-order valence-corrected chi connectivity index (χ3v) is 7.90. The number of anilines is 1. The van der Waals surface area contributed by atoms with Crippen LogP contribution < -0.4 is 9.62 Å². The van der Waals surface area contributed by atoms with Gasteiger partial charge in [-0.2, -0.15) is 13.2 Å². The number of rotatable bonds is 8. The van der Waals surface area contributed by atoms with Crippen molar-refractivity contribution in [3.05, 3.63) is 27.8 Å². The largest absolute Gasteiger partial charge is 0.418 e. The summed E-state index contributed by atoms with van der Waals surface area (Å²) in [6.07, 6.45) is -4.84. The number of halogens is 5. The molecule has 0 aliphatic carbocycles. The fourth-order valence-corrected chi connectivity index (χ4v) is 6.87. The minimum absolute atomic E-state index is 0.0492. The molecule has 1 atom stereocenters. The van der Waals surface area contributed by atoms with Crippen LogP contribution in [0.4, 0.5) is 24.5 Å². The van der Waals surface area contributed by atoms with E-state index < -0.39 is 32.1 Å². The minimum Gasteiger partial charge on any atom is -0.334 e. The zero-order valence-electron chi connectivity index (χ0n) is 15.1. The van der Waals surface area contributed by atoms with Crippen LogP contribution in [0.3, 0.4) is 0 Å². The molecule has 28 heavy (non-hydrogen) atoms. The van der Waals surface area contributed by atoms with Gasteiger partial charge < -0.3 is 9.80 Å². The summed E-state index contributed by atoms with van der Waals surface area (Å²) >= 11 is 6.44. The molecule has 0 radical (unpaired) electrons. The third kappa shape index (κ3) is 4.48. The molecule has 0 saturated heterocycles. The van der Waals surface area contributed by atoms with E-state index in [0.29, 0.717) is 17.9 Å². The zero-order chi connectivity index (χ0) is 21.3. The maximum Gasteiger partial charge on any atom is 0.418 e. The van der Waals surface area contributed by atoms with Gasteiger partial charge in [-0.25, -0.2) is 8.93 Å². The number of nitro benzene ring substituents is 1. The topological polar surface area (TPSA) is 78.7 Å². The predicted octanol–water partition coefficient (Wildman–Crippen LogP) is 3.06. The molecule has 0 saturated carbocycles. The van der Waals surface area contributed by atoms with Crippen LogP contribution in [0.5, 0.6) is 0 Å². The summed E-state index contributed by atoms with van der Waals surface area (Å²) in [6.45, 7) is 0.844. The molecule has 2 rings (SSSR count). The second-order valence-corrected chi connectivity index (χ2v) is 9.88. The average molecular weight is 552 g/mol. The molecule has 1 aliphatic heterocycles. The van der Waals surface area contributed by atoms with Crippen molar-refractivity contribution in [3.8, 4) is 0 Å². The molecular formula is C15H19Br2F3N4O3S. The Labute approximate surface area is 177 Å². The van der Waals surface area contributed by atoms with Crippen LogP contribution in [0.25, 0.3) is 0 Å². The fourth-order valence-electron chi connectivity index (χ4n) is 2.86. The monoisotopic (exact) mass is 550 g/mol. The van der Waals surface area contributed by atoms with Crippen molar-refractivity contribution in [1.82, 2.24) is 9.62 Å². The maximum atomic E-state index is 13.8. The van der Waals surface area contributed by atoms with Gasteiger partial charge in [0.05, 0.1) is 36.1 Å². The van der Waals surface area contributed by atoms with E-state index in [2.05, 4.69) is 36.6 Å². The van der Waals surface area contributed by atoms with Crippen LogP contribution in [0.1, 0.15) is 5.56 Å². The highest BCUT2D eigenvalue weighted by Gasteiger charge is 2.44. The number of non-ortho nitro benzene ring substituents is 1. The minimum atomic E-state index is -4.84. The van der Waals surface area contributed by atoms with Crippen LogP contribution in [0.15, 0.2) is 17.0 Å². The van der Waals surface area contributed by atoms with Gasteiger partial charge >= 0.3 is 6.18 Å². The van der Waals surface area contributed by atoms with Crippen LogP contribution in [0.2, 0.25) is 0 Å². The van der Waals surface area contributed by atoms with E-state index in [4.69, 9.17) is 0 Å². The lowest BCUT2D eigenvalue weighted by Crippen LogP contribution is -2.39. The van der Waals surface area contributed by atoms with Crippen molar-refractivity contribution in [2.45, 2.75) is 11.1 Å². The van der Waals surface area contributed by atoms with E-state index in [1.807, 2.05) is 4.90 Å². The smallest absolute Gasteiger partial charge is 0.334 e. The zero-order valence-corrected chi connectivity index (χ0v) is 19.0. The van der Waals surface area contributed by atoms with Gasteiger partial charge in [0.25, 0.3) is 5.69 Å². The second kappa shape index (κ2) is 8.86. The van der Waals surface area contributed by atoms with Crippen LogP contribution in [0, 0.1) is 10.1 Å². The van der Waals surface area contributed by atoms with E-state index in [1.165, 1.54) is 4.90 Å². The van der Waals surface area contributed by atoms with Crippen molar-refractivity contribution >= 4 is 57.9 Å². The van der Waals surface area contributed by atoms with Gasteiger partial charge in [-0.1, -0.05) is 31.9 Å². The number of nitrogens with one attached hydrogen (secondary N) is 1.